The van der Waals surface area contributed by atoms with Crippen molar-refractivity contribution in [2.24, 2.45) is 0 Å². The zero-order valence-electron chi connectivity index (χ0n) is 11.0. The van der Waals surface area contributed by atoms with Crippen molar-refractivity contribution in [1.82, 2.24) is 0 Å². The molecular weight excluding hydrogens is 304 g/mol. The molecule has 0 fully saturated rings. The van der Waals surface area contributed by atoms with E-state index in [1.54, 1.807) is 11.1 Å². The van der Waals surface area contributed by atoms with Gasteiger partial charge in [0.1, 0.15) is 6.10 Å². The van der Waals surface area contributed by atoms with Gasteiger partial charge in [-0.25, -0.2) is 0 Å². The van der Waals surface area contributed by atoms with E-state index in [1.807, 2.05) is 0 Å². The molecular formula is C16H19BrO2. The van der Waals surface area contributed by atoms with Crippen LogP contribution in [0.1, 0.15) is 38.5 Å². The number of allylic oxidation sites excluding steroid dienone is 1. The quantitative estimate of drug-likeness (QED) is 0.583. The molecule has 0 aromatic heterocycles. The molecule has 102 valence electrons. The number of aliphatic hydroxyl groups is 2. The van der Waals surface area contributed by atoms with E-state index in [0.717, 1.165) is 32.1 Å². The van der Waals surface area contributed by atoms with Gasteiger partial charge in [0.15, 0.2) is 0 Å². The summed E-state index contributed by atoms with van der Waals surface area (Å²) in [6.45, 7) is -0.344. The Bertz CT molecular complexity index is 421. The van der Waals surface area contributed by atoms with Crippen LogP contribution in [-0.2, 0) is 0 Å². The van der Waals surface area contributed by atoms with Gasteiger partial charge in [0.2, 0.25) is 0 Å². The summed E-state index contributed by atoms with van der Waals surface area (Å²) >= 11 is 3.16. The van der Waals surface area contributed by atoms with Crippen molar-refractivity contribution in [2.45, 2.75) is 44.6 Å². The van der Waals surface area contributed by atoms with Gasteiger partial charge in [-0.2, -0.15) is 0 Å². The highest BCUT2D eigenvalue weighted by Crippen LogP contribution is 2.04. The number of hydrogen-bond donors (Lipinski definition) is 2. The maximum atomic E-state index is 8.93. The Morgan fingerprint density at radius 3 is 2.32 bits per heavy atom. The van der Waals surface area contributed by atoms with Crippen LogP contribution in [0.2, 0.25) is 0 Å². The fourth-order valence-electron chi connectivity index (χ4n) is 1.21. The van der Waals surface area contributed by atoms with Crippen molar-refractivity contribution in [1.29, 1.82) is 0 Å². The highest BCUT2D eigenvalue weighted by molar-refractivity contribution is 9.11. The summed E-state index contributed by atoms with van der Waals surface area (Å²) in [6.07, 6.45) is 7.07. The Balaban J connectivity index is 3.43. The van der Waals surface area contributed by atoms with E-state index >= 15 is 0 Å². The van der Waals surface area contributed by atoms with Crippen molar-refractivity contribution in [3.8, 4) is 35.5 Å². The third-order valence-corrected chi connectivity index (χ3v) is 2.43. The minimum Gasteiger partial charge on any atom is -0.393 e. The average Bonchev–Trinajstić information content (AvgIpc) is 2.43. The average molecular weight is 323 g/mol. The van der Waals surface area contributed by atoms with Crippen LogP contribution in [0.4, 0.5) is 0 Å². The van der Waals surface area contributed by atoms with Gasteiger partial charge in [-0.15, -0.1) is 0 Å². The summed E-state index contributed by atoms with van der Waals surface area (Å²) in [5.74, 6) is 16.5. The van der Waals surface area contributed by atoms with E-state index in [0.29, 0.717) is 0 Å². The number of aliphatic hydroxyl groups excluding tert-OH is 2. The van der Waals surface area contributed by atoms with Gasteiger partial charge in [0.05, 0.1) is 6.61 Å². The highest BCUT2D eigenvalue weighted by Gasteiger charge is 1.90. The first-order chi connectivity index (χ1) is 9.31. The lowest BCUT2D eigenvalue weighted by molar-refractivity contribution is 0.138. The summed E-state index contributed by atoms with van der Waals surface area (Å²) in [4.78, 5) is 1.75. The molecule has 0 aromatic rings. The lowest BCUT2D eigenvalue weighted by atomic mass is 10.1. The molecule has 3 heteroatoms. The van der Waals surface area contributed by atoms with Crippen molar-refractivity contribution >= 4 is 15.9 Å². The van der Waals surface area contributed by atoms with Gasteiger partial charge in [0, 0.05) is 12.8 Å². The molecule has 0 bridgehead atoms. The Morgan fingerprint density at radius 1 is 1.00 bits per heavy atom. The first kappa shape index (κ1) is 17.8. The molecule has 0 spiro atoms. The van der Waals surface area contributed by atoms with Gasteiger partial charge in [-0.1, -0.05) is 52.5 Å². The first-order valence-electron chi connectivity index (χ1n) is 6.32. The summed E-state index contributed by atoms with van der Waals surface area (Å²) < 4.78 is 0. The smallest absolute Gasteiger partial charge is 0.138 e. The van der Waals surface area contributed by atoms with Crippen LogP contribution in [0.3, 0.4) is 0 Å². The van der Waals surface area contributed by atoms with Gasteiger partial charge < -0.3 is 10.2 Å². The van der Waals surface area contributed by atoms with Crippen LogP contribution in [-0.4, -0.2) is 22.9 Å². The summed E-state index contributed by atoms with van der Waals surface area (Å²) in [5.41, 5.74) is 0. The Hall–Kier alpha value is -1.18. The fourth-order valence-corrected chi connectivity index (χ4v) is 1.35. The third-order valence-electron chi connectivity index (χ3n) is 2.16. The molecule has 0 aliphatic rings. The molecule has 0 radical (unpaired) electrons. The number of rotatable bonds is 6. The molecule has 1 atom stereocenters. The van der Waals surface area contributed by atoms with E-state index < -0.39 is 6.10 Å². The van der Waals surface area contributed by atoms with Gasteiger partial charge in [-0.3, -0.25) is 0 Å². The Labute approximate surface area is 124 Å². The van der Waals surface area contributed by atoms with Crippen LogP contribution in [0, 0.1) is 35.5 Å². The Kier molecular flexibility index (Phi) is 14.0. The standard InChI is InChI=1S/C16H19BrO2/c17-14-12-10-8-6-4-2-1-3-5-7-9-11-13-16(19)15-18/h12,14,16,18-19H,1-6,15H2/b14-12-. The summed E-state index contributed by atoms with van der Waals surface area (Å²) in [6, 6.07) is 0. The van der Waals surface area contributed by atoms with Gasteiger partial charge in [0.25, 0.3) is 0 Å². The summed E-state index contributed by atoms with van der Waals surface area (Å²) in [5, 5.41) is 17.4. The molecule has 0 saturated carbocycles. The first-order valence-corrected chi connectivity index (χ1v) is 7.23. The number of hydrogen-bond acceptors (Lipinski definition) is 2. The molecule has 2 nitrogen and oxygen atoms in total. The van der Waals surface area contributed by atoms with E-state index in [9.17, 15) is 0 Å². The predicted molar refractivity (Wildman–Crippen MR) is 82.2 cm³/mol. The second-order valence-electron chi connectivity index (χ2n) is 3.80. The van der Waals surface area contributed by atoms with Crippen LogP contribution in [0.25, 0.3) is 0 Å². The molecule has 0 aliphatic heterocycles. The molecule has 2 N–H and O–H groups in total. The third kappa shape index (κ3) is 14.8. The van der Waals surface area contributed by atoms with E-state index in [4.69, 9.17) is 10.2 Å². The maximum absolute atomic E-state index is 8.93. The molecule has 0 aromatic carbocycles. The second-order valence-corrected chi connectivity index (χ2v) is 4.33. The monoisotopic (exact) mass is 322 g/mol. The zero-order valence-corrected chi connectivity index (χ0v) is 12.5. The number of unbranched alkanes of at least 4 members (excludes halogenated alkanes) is 5. The largest absolute Gasteiger partial charge is 0.393 e. The minimum absolute atomic E-state index is 0.344. The van der Waals surface area contributed by atoms with Crippen LogP contribution in [0.5, 0.6) is 0 Å². The molecule has 19 heavy (non-hydrogen) atoms. The number of halogens is 1. The normalized spacial score (nSPS) is 10.7. The lowest BCUT2D eigenvalue weighted by Gasteiger charge is -1.94. The molecule has 0 heterocycles. The van der Waals surface area contributed by atoms with Crippen LogP contribution < -0.4 is 0 Å². The molecule has 0 amide bonds. The summed E-state index contributed by atoms with van der Waals surface area (Å²) in [7, 11) is 0. The van der Waals surface area contributed by atoms with Crippen LogP contribution >= 0.6 is 15.9 Å². The van der Waals surface area contributed by atoms with Crippen molar-refractivity contribution in [3.63, 3.8) is 0 Å². The van der Waals surface area contributed by atoms with Crippen molar-refractivity contribution < 1.29 is 10.2 Å². The predicted octanol–water partition coefficient (Wildman–Crippen LogP) is 2.60. The molecule has 0 aliphatic carbocycles. The van der Waals surface area contributed by atoms with Crippen molar-refractivity contribution in [3.05, 3.63) is 11.1 Å². The van der Waals surface area contributed by atoms with Crippen molar-refractivity contribution in [2.75, 3.05) is 6.61 Å². The maximum Gasteiger partial charge on any atom is 0.138 e. The van der Waals surface area contributed by atoms with E-state index in [2.05, 4.69) is 51.5 Å². The molecule has 1 unspecified atom stereocenters. The lowest BCUT2D eigenvalue weighted by Crippen LogP contribution is -2.07. The van der Waals surface area contributed by atoms with E-state index in [1.165, 1.54) is 6.42 Å². The fraction of sp³-hybridized carbons (Fsp3) is 0.500. The van der Waals surface area contributed by atoms with Gasteiger partial charge >= 0.3 is 0 Å². The molecule has 0 rings (SSSR count). The SMILES string of the molecule is OCC(O)C#CC#CCCCCCCC#C/C=C\Br. The highest BCUT2D eigenvalue weighted by atomic mass is 79.9. The zero-order chi connectivity index (χ0) is 14.2. The second kappa shape index (κ2) is 14.9. The molecule has 0 saturated heterocycles. The minimum atomic E-state index is -0.977. The Morgan fingerprint density at radius 2 is 1.68 bits per heavy atom. The van der Waals surface area contributed by atoms with E-state index in [-0.39, 0.29) is 6.61 Å². The van der Waals surface area contributed by atoms with Crippen LogP contribution in [0.15, 0.2) is 11.1 Å². The van der Waals surface area contributed by atoms with Gasteiger partial charge in [-0.05, 0) is 35.7 Å². The topological polar surface area (TPSA) is 40.5 Å².